The molecular weight excluding hydrogens is 360 g/mol. The molecule has 0 spiro atoms. The van der Waals surface area contributed by atoms with E-state index in [2.05, 4.69) is 5.32 Å². The number of benzene rings is 2. The largest absolute Gasteiger partial charge is 0.350 e. The molecule has 1 amide bonds. The van der Waals surface area contributed by atoms with Gasteiger partial charge in [0.1, 0.15) is 6.54 Å². The zero-order valence-corrected chi connectivity index (χ0v) is 16.0. The molecule has 0 heterocycles. The number of hydrogen-bond donors (Lipinski definition) is 1. The number of halogens is 1. The third-order valence-corrected chi connectivity index (χ3v) is 5.24. The number of hydrogen-bond acceptors (Lipinski definition) is 3. The van der Waals surface area contributed by atoms with Crippen LogP contribution in [0.15, 0.2) is 42.5 Å². The van der Waals surface area contributed by atoms with E-state index in [0.29, 0.717) is 10.7 Å². The first kappa shape index (κ1) is 19.3. The van der Waals surface area contributed by atoms with Crippen LogP contribution < -0.4 is 9.62 Å². The Kier molecular flexibility index (Phi) is 6.08. The van der Waals surface area contributed by atoms with Crippen LogP contribution in [0.25, 0.3) is 0 Å². The molecule has 0 bridgehead atoms. The van der Waals surface area contributed by atoms with Crippen LogP contribution in [0.1, 0.15) is 16.7 Å². The minimum absolute atomic E-state index is 0.239. The first-order valence-corrected chi connectivity index (χ1v) is 9.96. The highest BCUT2D eigenvalue weighted by Crippen LogP contribution is 2.23. The van der Waals surface area contributed by atoms with Crippen LogP contribution in [0.3, 0.4) is 0 Å². The summed E-state index contributed by atoms with van der Waals surface area (Å²) in [5, 5.41) is 3.27. The molecular formula is C18H21ClN2O3S. The number of carbonyl (C=O) groups is 1. The summed E-state index contributed by atoms with van der Waals surface area (Å²) in [6.07, 6.45) is 1.09. The zero-order valence-electron chi connectivity index (χ0n) is 14.4. The lowest BCUT2D eigenvalue weighted by atomic mass is 10.1. The maximum absolute atomic E-state index is 12.3. The predicted molar refractivity (Wildman–Crippen MR) is 101 cm³/mol. The van der Waals surface area contributed by atoms with E-state index in [4.69, 9.17) is 11.6 Å². The van der Waals surface area contributed by atoms with E-state index in [-0.39, 0.29) is 13.1 Å². The van der Waals surface area contributed by atoms with Crippen molar-refractivity contribution in [3.8, 4) is 0 Å². The maximum atomic E-state index is 12.3. The van der Waals surface area contributed by atoms with E-state index in [1.807, 2.05) is 32.0 Å². The fourth-order valence-corrected chi connectivity index (χ4v) is 3.60. The molecule has 2 aromatic rings. The van der Waals surface area contributed by atoms with E-state index in [0.717, 1.165) is 27.3 Å². The molecule has 134 valence electrons. The minimum Gasteiger partial charge on any atom is -0.350 e. The number of sulfonamides is 1. The van der Waals surface area contributed by atoms with Crippen LogP contribution in [0.5, 0.6) is 0 Å². The molecule has 7 heteroatoms. The van der Waals surface area contributed by atoms with Gasteiger partial charge in [-0.25, -0.2) is 8.42 Å². The van der Waals surface area contributed by atoms with Gasteiger partial charge in [-0.05, 0) is 37.1 Å². The lowest BCUT2D eigenvalue weighted by Crippen LogP contribution is -2.40. The van der Waals surface area contributed by atoms with Crippen molar-refractivity contribution in [2.24, 2.45) is 0 Å². The summed E-state index contributed by atoms with van der Waals surface area (Å²) in [6.45, 7) is 3.70. The normalized spacial score (nSPS) is 11.2. The summed E-state index contributed by atoms with van der Waals surface area (Å²) in [5.41, 5.74) is 3.10. The molecule has 0 aliphatic heterocycles. The number of anilines is 1. The van der Waals surface area contributed by atoms with Gasteiger partial charge in [0, 0.05) is 11.6 Å². The van der Waals surface area contributed by atoms with Gasteiger partial charge in [0.15, 0.2) is 0 Å². The van der Waals surface area contributed by atoms with Gasteiger partial charge in [0.05, 0.1) is 11.9 Å². The quantitative estimate of drug-likeness (QED) is 0.837. The number of amides is 1. The highest BCUT2D eigenvalue weighted by atomic mass is 35.5. The molecule has 0 saturated carbocycles. The van der Waals surface area contributed by atoms with Crippen LogP contribution >= 0.6 is 11.6 Å². The van der Waals surface area contributed by atoms with Crippen LogP contribution in [0, 0.1) is 13.8 Å². The molecule has 2 aromatic carbocycles. The molecule has 0 fully saturated rings. The number of nitrogens with zero attached hydrogens (tertiary/aromatic N) is 1. The van der Waals surface area contributed by atoms with Crippen molar-refractivity contribution in [3.63, 3.8) is 0 Å². The van der Waals surface area contributed by atoms with Crippen molar-refractivity contribution < 1.29 is 13.2 Å². The molecule has 0 unspecified atom stereocenters. The average molecular weight is 381 g/mol. The number of rotatable bonds is 6. The molecule has 0 aliphatic carbocycles. The van der Waals surface area contributed by atoms with Gasteiger partial charge in [-0.3, -0.25) is 9.10 Å². The van der Waals surface area contributed by atoms with Gasteiger partial charge in [0.25, 0.3) is 0 Å². The predicted octanol–water partition coefficient (Wildman–Crippen LogP) is 3.04. The summed E-state index contributed by atoms with van der Waals surface area (Å²) in [4.78, 5) is 12.3. The SMILES string of the molecule is Cc1ccc(N(CC(=O)NCc2ccccc2Cl)S(C)(=O)=O)c(C)c1. The smallest absolute Gasteiger partial charge is 0.241 e. The minimum atomic E-state index is -3.59. The van der Waals surface area contributed by atoms with Crippen LogP contribution in [0.4, 0.5) is 5.69 Å². The topological polar surface area (TPSA) is 66.5 Å². The Morgan fingerprint density at radius 1 is 1.16 bits per heavy atom. The van der Waals surface area contributed by atoms with Gasteiger partial charge in [-0.2, -0.15) is 0 Å². The zero-order chi connectivity index (χ0) is 18.6. The third-order valence-electron chi connectivity index (χ3n) is 3.74. The van der Waals surface area contributed by atoms with E-state index < -0.39 is 15.9 Å². The van der Waals surface area contributed by atoms with Crippen LogP contribution in [-0.2, 0) is 21.4 Å². The lowest BCUT2D eigenvalue weighted by Gasteiger charge is -2.24. The first-order chi connectivity index (χ1) is 11.7. The summed E-state index contributed by atoms with van der Waals surface area (Å²) >= 11 is 6.06. The lowest BCUT2D eigenvalue weighted by molar-refractivity contribution is -0.119. The van der Waals surface area contributed by atoms with Crippen molar-refractivity contribution in [1.82, 2.24) is 5.32 Å². The molecule has 25 heavy (non-hydrogen) atoms. The second-order valence-electron chi connectivity index (χ2n) is 5.93. The van der Waals surface area contributed by atoms with Crippen molar-refractivity contribution in [1.29, 1.82) is 0 Å². The Morgan fingerprint density at radius 3 is 2.44 bits per heavy atom. The summed E-state index contributed by atoms with van der Waals surface area (Å²) in [7, 11) is -3.59. The molecule has 0 aliphatic rings. The Bertz CT molecular complexity index is 882. The fourth-order valence-electron chi connectivity index (χ4n) is 2.49. The Labute approximate surface area is 153 Å². The summed E-state index contributed by atoms with van der Waals surface area (Å²) in [6, 6.07) is 12.6. The Balaban J connectivity index is 2.15. The van der Waals surface area contributed by atoms with Gasteiger partial charge in [-0.15, -0.1) is 0 Å². The first-order valence-electron chi connectivity index (χ1n) is 7.73. The van der Waals surface area contributed by atoms with Crippen molar-refractivity contribution in [2.45, 2.75) is 20.4 Å². The van der Waals surface area contributed by atoms with Gasteiger partial charge in [0.2, 0.25) is 15.9 Å². The molecule has 0 aromatic heterocycles. The number of nitrogens with one attached hydrogen (secondary N) is 1. The third kappa shape index (κ3) is 5.21. The standard InChI is InChI=1S/C18H21ClN2O3S/c1-13-8-9-17(14(2)10-13)21(25(3,23)24)12-18(22)20-11-15-6-4-5-7-16(15)19/h4-10H,11-12H2,1-3H3,(H,20,22). The van der Waals surface area contributed by atoms with Gasteiger partial charge < -0.3 is 5.32 Å². The Hall–Kier alpha value is -2.05. The highest BCUT2D eigenvalue weighted by molar-refractivity contribution is 7.92. The van der Waals surface area contributed by atoms with Crippen LogP contribution in [-0.4, -0.2) is 27.1 Å². The fraction of sp³-hybridized carbons (Fsp3) is 0.278. The van der Waals surface area contributed by atoms with E-state index >= 15 is 0 Å². The van der Waals surface area contributed by atoms with E-state index in [9.17, 15) is 13.2 Å². The summed E-state index contributed by atoms with van der Waals surface area (Å²) < 4.78 is 25.4. The monoisotopic (exact) mass is 380 g/mol. The average Bonchev–Trinajstić information content (AvgIpc) is 2.51. The molecule has 0 saturated heterocycles. The van der Waals surface area contributed by atoms with E-state index in [1.165, 1.54) is 0 Å². The summed E-state index contributed by atoms with van der Waals surface area (Å²) in [5.74, 6) is -0.398. The van der Waals surface area contributed by atoms with Crippen molar-refractivity contribution in [3.05, 3.63) is 64.2 Å². The molecule has 5 nitrogen and oxygen atoms in total. The second kappa shape index (κ2) is 7.89. The molecule has 1 N–H and O–H groups in total. The van der Waals surface area contributed by atoms with Gasteiger partial charge in [-0.1, -0.05) is 47.5 Å². The maximum Gasteiger partial charge on any atom is 0.241 e. The number of aryl methyl sites for hydroxylation is 2. The molecule has 0 radical (unpaired) electrons. The van der Waals surface area contributed by atoms with Crippen molar-refractivity contribution >= 4 is 33.2 Å². The highest BCUT2D eigenvalue weighted by Gasteiger charge is 2.22. The molecule has 0 atom stereocenters. The number of carbonyl (C=O) groups excluding carboxylic acids is 1. The molecule has 2 rings (SSSR count). The van der Waals surface area contributed by atoms with Crippen molar-refractivity contribution in [2.75, 3.05) is 17.1 Å². The van der Waals surface area contributed by atoms with Gasteiger partial charge >= 0.3 is 0 Å². The van der Waals surface area contributed by atoms with E-state index in [1.54, 1.807) is 24.3 Å². The Morgan fingerprint density at radius 2 is 1.84 bits per heavy atom. The van der Waals surface area contributed by atoms with Crippen LogP contribution in [0.2, 0.25) is 5.02 Å². The second-order valence-corrected chi connectivity index (χ2v) is 8.24.